The molecule has 7 N–H and O–H groups in total. The summed E-state index contributed by atoms with van der Waals surface area (Å²) in [5, 5.41) is 49.5. The summed E-state index contributed by atoms with van der Waals surface area (Å²) in [6, 6.07) is -0.247. The summed E-state index contributed by atoms with van der Waals surface area (Å²) in [6.45, 7) is -0.505. The van der Waals surface area contributed by atoms with Gasteiger partial charge in [0.1, 0.15) is 28.5 Å². The first-order valence-corrected chi connectivity index (χ1v) is 15.3. The van der Waals surface area contributed by atoms with Crippen LogP contribution >= 0.6 is 34.9 Å². The number of fused-ring (bicyclic) bond motifs is 1. The van der Waals surface area contributed by atoms with Crippen molar-refractivity contribution < 1.29 is 39.7 Å². The number of nitrogens with two attached hydrogens (primary N) is 1. The minimum atomic E-state index is -1.37. The number of nitrogens with one attached hydrogen (secondary N) is 1. The highest BCUT2D eigenvalue weighted by molar-refractivity contribution is 8.01. The van der Waals surface area contributed by atoms with Crippen LogP contribution in [0, 0.1) is 0 Å². The molecule has 3 aromatic rings. The van der Waals surface area contributed by atoms with Gasteiger partial charge in [-0.05, 0) is 5.57 Å². The number of aliphatic carboxylic acids is 1. The van der Waals surface area contributed by atoms with E-state index in [0.717, 1.165) is 44.9 Å². The van der Waals surface area contributed by atoms with E-state index in [9.17, 15) is 44.5 Å². The van der Waals surface area contributed by atoms with Gasteiger partial charge in [0.05, 0.1) is 6.20 Å². The summed E-state index contributed by atoms with van der Waals surface area (Å²) in [5.41, 5.74) is 3.55. The average molecular weight is 680 g/mol. The van der Waals surface area contributed by atoms with Gasteiger partial charge in [-0.15, -0.1) is 28.2 Å². The van der Waals surface area contributed by atoms with Gasteiger partial charge in [-0.3, -0.25) is 24.1 Å². The monoisotopic (exact) mass is 679 g/mol. The SMILES string of the molecule is Cn1nc(O)c(=O)nc1SCC1=C(C(=O)O)N2C(=O)[C@@H](NC(=O)/C(=N\OCc3cc(=O)c(O)cn3O)c3csc(N)n3)[C@H]2SC1. The van der Waals surface area contributed by atoms with Gasteiger partial charge in [-0.25, -0.2) is 14.5 Å². The van der Waals surface area contributed by atoms with Crippen LogP contribution in [0.4, 0.5) is 5.13 Å². The molecule has 45 heavy (non-hydrogen) atoms. The molecule has 5 rings (SSSR count). The molecular formula is C23H21N9O10S3. The Morgan fingerprint density at radius 3 is 2.71 bits per heavy atom. The lowest BCUT2D eigenvalue weighted by atomic mass is 10.0. The topological polar surface area (TPSA) is 278 Å². The van der Waals surface area contributed by atoms with Crippen LogP contribution in [0.3, 0.4) is 0 Å². The summed E-state index contributed by atoms with van der Waals surface area (Å²) in [6.07, 6.45) is 0.753. The Hall–Kier alpha value is -5.09. The number of anilines is 1. The number of carboxylic acid groups (broad SMARTS) is 1. The number of hydrogen-bond acceptors (Lipinski definition) is 17. The largest absolute Gasteiger partial charge is 0.503 e. The predicted molar refractivity (Wildman–Crippen MR) is 157 cm³/mol. The third-order valence-electron chi connectivity index (χ3n) is 6.26. The first-order chi connectivity index (χ1) is 21.3. The smallest absolute Gasteiger partial charge is 0.352 e. The molecule has 2 aliphatic heterocycles. The highest BCUT2D eigenvalue weighted by atomic mass is 32.2. The third-order valence-corrected chi connectivity index (χ3v) is 9.38. The van der Waals surface area contributed by atoms with Crippen molar-refractivity contribution in [3.05, 3.63) is 60.9 Å². The van der Waals surface area contributed by atoms with E-state index in [0.29, 0.717) is 10.3 Å². The van der Waals surface area contributed by atoms with Crippen molar-refractivity contribution in [2.45, 2.75) is 23.2 Å². The molecule has 0 aromatic carbocycles. The number of carboxylic acids is 1. The zero-order chi connectivity index (χ0) is 32.6. The molecule has 0 saturated carbocycles. The summed E-state index contributed by atoms with van der Waals surface area (Å²) < 4.78 is 1.60. The number of aromatic hydroxyl groups is 2. The zero-order valence-electron chi connectivity index (χ0n) is 22.7. The summed E-state index contributed by atoms with van der Waals surface area (Å²) >= 11 is 3.19. The number of β-lactam (4-membered cyclic amide) rings is 1. The van der Waals surface area contributed by atoms with Gasteiger partial charge in [0.25, 0.3) is 17.7 Å². The number of thioether (sulfide) groups is 2. The molecule has 22 heteroatoms. The fraction of sp³-hybridized carbons (Fsp3) is 0.261. The van der Waals surface area contributed by atoms with Crippen molar-refractivity contribution in [2.75, 3.05) is 17.2 Å². The lowest BCUT2D eigenvalue weighted by molar-refractivity contribution is -0.150. The molecule has 2 atom stereocenters. The number of carbonyl (C=O) groups excluding carboxylic acids is 2. The molecule has 0 spiro atoms. The van der Waals surface area contributed by atoms with Gasteiger partial charge >= 0.3 is 11.5 Å². The second kappa shape index (κ2) is 12.5. The molecule has 2 aliphatic rings. The highest BCUT2D eigenvalue weighted by Gasteiger charge is 2.54. The molecule has 3 aromatic heterocycles. The number of aromatic nitrogens is 5. The van der Waals surface area contributed by atoms with Crippen molar-refractivity contribution in [3.63, 3.8) is 0 Å². The van der Waals surface area contributed by atoms with Crippen molar-refractivity contribution in [3.8, 4) is 11.6 Å². The Kier molecular flexibility index (Phi) is 8.70. The standard InChI is InChI=1S/C23H21N9O10S3/c1-30-23(27-17(36)18(37)28-30)45-6-8-5-43-20-14(19(38)32(20)15(8)21(39)40)26-16(35)13(10-7-44-22(24)25-10)29-42-4-9-2-11(33)12(34)3-31(9)41/h2-3,7,14,20,34,41H,4-6H2,1H3,(H2,24,25)(H,26,35)(H,28,37)(H,39,40)/b29-13-/t14-,20-/m1/s1. The number of amides is 2. The molecule has 0 unspecified atom stereocenters. The molecule has 236 valence electrons. The zero-order valence-corrected chi connectivity index (χ0v) is 25.1. The predicted octanol–water partition coefficient (Wildman–Crippen LogP) is -1.52. The molecule has 2 amide bonds. The van der Waals surface area contributed by atoms with Crippen LogP contribution in [0.1, 0.15) is 11.4 Å². The lowest BCUT2D eigenvalue weighted by Crippen LogP contribution is -2.71. The third kappa shape index (κ3) is 6.28. The number of hydrogen-bond donors (Lipinski definition) is 6. The van der Waals surface area contributed by atoms with Crippen molar-refractivity contribution >= 4 is 63.5 Å². The average Bonchev–Trinajstić information content (AvgIpc) is 3.42. The fourth-order valence-electron chi connectivity index (χ4n) is 4.14. The minimum Gasteiger partial charge on any atom is -0.503 e. The van der Waals surface area contributed by atoms with E-state index in [4.69, 9.17) is 10.6 Å². The van der Waals surface area contributed by atoms with Gasteiger partial charge in [0, 0.05) is 30.0 Å². The summed E-state index contributed by atoms with van der Waals surface area (Å²) in [4.78, 5) is 76.0. The quantitative estimate of drug-likeness (QED) is 0.0466. The first kappa shape index (κ1) is 31.3. The van der Waals surface area contributed by atoms with Gasteiger partial charge in [-0.1, -0.05) is 16.9 Å². The summed E-state index contributed by atoms with van der Waals surface area (Å²) in [7, 11) is 1.44. The Bertz CT molecular complexity index is 1900. The lowest BCUT2D eigenvalue weighted by Gasteiger charge is -2.49. The van der Waals surface area contributed by atoms with E-state index >= 15 is 0 Å². The van der Waals surface area contributed by atoms with Crippen LogP contribution in [-0.2, 0) is 32.9 Å². The van der Waals surface area contributed by atoms with Crippen LogP contribution in [-0.4, -0.2) is 96.3 Å². The van der Waals surface area contributed by atoms with Gasteiger partial charge in [0.15, 0.2) is 28.4 Å². The van der Waals surface area contributed by atoms with Gasteiger partial charge < -0.3 is 36.4 Å². The maximum Gasteiger partial charge on any atom is 0.352 e. The van der Waals surface area contributed by atoms with Crippen molar-refractivity contribution in [1.82, 2.24) is 34.7 Å². The van der Waals surface area contributed by atoms with Crippen LogP contribution in [0.2, 0.25) is 0 Å². The van der Waals surface area contributed by atoms with Crippen LogP contribution in [0.5, 0.6) is 11.6 Å². The molecule has 5 heterocycles. The molecule has 19 nitrogen and oxygen atoms in total. The molecule has 0 bridgehead atoms. The van der Waals surface area contributed by atoms with Gasteiger partial charge in [0.2, 0.25) is 5.43 Å². The van der Waals surface area contributed by atoms with Crippen molar-refractivity contribution in [2.24, 2.45) is 12.2 Å². The highest BCUT2D eigenvalue weighted by Crippen LogP contribution is 2.41. The van der Waals surface area contributed by atoms with E-state index < -0.39 is 64.1 Å². The Labute approximate surface area is 262 Å². The maximum absolute atomic E-state index is 13.3. The van der Waals surface area contributed by atoms with Crippen molar-refractivity contribution in [1.29, 1.82) is 0 Å². The first-order valence-electron chi connectivity index (χ1n) is 12.4. The van der Waals surface area contributed by atoms with Crippen LogP contribution in [0.25, 0.3) is 0 Å². The molecule has 1 fully saturated rings. The number of aryl methyl sites for hydroxylation is 1. The molecule has 0 radical (unpaired) electrons. The number of nitrogen functional groups attached to an aromatic ring is 1. The van der Waals surface area contributed by atoms with E-state index in [1.807, 2.05) is 0 Å². The number of nitrogens with zero attached hydrogens (tertiary/aromatic N) is 7. The number of carbonyl (C=O) groups is 3. The van der Waals surface area contributed by atoms with E-state index in [1.54, 1.807) is 0 Å². The van der Waals surface area contributed by atoms with E-state index in [-0.39, 0.29) is 38.9 Å². The Morgan fingerprint density at radius 1 is 1.27 bits per heavy atom. The molecular weight excluding hydrogens is 659 g/mol. The number of oxime groups is 1. The normalized spacial score (nSPS) is 17.9. The molecule has 0 aliphatic carbocycles. The number of thiazole rings is 1. The number of rotatable bonds is 10. The maximum atomic E-state index is 13.3. The van der Waals surface area contributed by atoms with E-state index in [2.05, 4.69) is 25.5 Å². The Morgan fingerprint density at radius 2 is 2.02 bits per heavy atom. The van der Waals surface area contributed by atoms with Crippen LogP contribution < -0.4 is 22.0 Å². The Balaban J connectivity index is 1.32. The van der Waals surface area contributed by atoms with E-state index in [1.165, 1.54) is 24.2 Å². The molecule has 1 saturated heterocycles. The van der Waals surface area contributed by atoms with Gasteiger partial charge in [-0.2, -0.15) is 9.71 Å². The number of pyridine rings is 1. The van der Waals surface area contributed by atoms with Crippen LogP contribution in [0.15, 0.2) is 48.8 Å². The second-order valence-corrected chi connectivity index (χ2v) is 12.1. The summed E-state index contributed by atoms with van der Waals surface area (Å²) in [5.74, 6) is -4.26. The minimum absolute atomic E-state index is 0.000757. The second-order valence-electron chi connectivity index (χ2n) is 9.20. The fourth-order valence-corrected chi connectivity index (χ4v) is 7.08.